The smallest absolute Gasteiger partial charge is 0.331 e. The monoisotopic (exact) mass is 770 g/mol. The number of aliphatic hydroxyl groups excluding tert-OH is 7. The Morgan fingerprint density at radius 1 is 0.764 bits per heavy atom. The maximum absolute atomic E-state index is 13.9. The second-order valence-corrected chi connectivity index (χ2v) is 12.9. The number of aromatic hydroxyl groups is 4. The molecule has 2 saturated heterocycles. The molecule has 0 saturated carbocycles. The van der Waals surface area contributed by atoms with Crippen LogP contribution in [0.5, 0.6) is 28.7 Å². The van der Waals surface area contributed by atoms with Crippen LogP contribution in [-0.2, 0) is 19.0 Å². The summed E-state index contributed by atoms with van der Waals surface area (Å²) >= 11 is 0. The van der Waals surface area contributed by atoms with Gasteiger partial charge in [0.25, 0.3) is 0 Å². The predicted octanol–water partition coefficient (Wildman–Crippen LogP) is -0.415. The molecule has 2 aliphatic rings. The van der Waals surface area contributed by atoms with E-state index in [2.05, 4.69) is 0 Å². The number of phenols is 4. The van der Waals surface area contributed by atoms with E-state index in [1.165, 1.54) is 55.7 Å². The van der Waals surface area contributed by atoms with Gasteiger partial charge in [0, 0.05) is 17.7 Å². The third-order valence-electron chi connectivity index (χ3n) is 9.54. The maximum atomic E-state index is 13.9. The van der Waals surface area contributed by atoms with Crippen LogP contribution in [0.3, 0.4) is 0 Å². The number of carbonyl (C=O) groups excluding carboxylic acids is 1. The summed E-state index contributed by atoms with van der Waals surface area (Å²) in [6, 6.07) is 10.4. The summed E-state index contributed by atoms with van der Waals surface area (Å²) < 4.78 is 28.1. The fourth-order valence-corrected chi connectivity index (χ4v) is 6.64. The van der Waals surface area contributed by atoms with Gasteiger partial charge in [-0.2, -0.15) is 0 Å². The molecule has 55 heavy (non-hydrogen) atoms. The van der Waals surface area contributed by atoms with Crippen LogP contribution < -0.4 is 10.2 Å². The Kier molecular flexibility index (Phi) is 11.3. The molecule has 0 bridgehead atoms. The first kappa shape index (κ1) is 39.4. The molecule has 1 aromatic heterocycles. The van der Waals surface area contributed by atoms with Crippen LogP contribution in [0, 0.1) is 0 Å². The zero-order chi connectivity index (χ0) is 39.9. The van der Waals surface area contributed by atoms with Gasteiger partial charge in [0.2, 0.25) is 0 Å². The van der Waals surface area contributed by atoms with E-state index in [1.54, 1.807) is 0 Å². The van der Waals surface area contributed by atoms with Crippen LogP contribution in [-0.4, -0.2) is 131 Å². The highest BCUT2D eigenvalue weighted by Gasteiger charge is 2.51. The lowest BCUT2D eigenvalue weighted by molar-refractivity contribution is -0.240. The number of rotatable bonds is 9. The summed E-state index contributed by atoms with van der Waals surface area (Å²) in [6.45, 7) is -1.84. The van der Waals surface area contributed by atoms with Crippen LogP contribution in [0.4, 0.5) is 0 Å². The van der Waals surface area contributed by atoms with Crippen molar-refractivity contribution in [2.75, 3.05) is 20.3 Å². The average Bonchev–Trinajstić information content (AvgIpc) is 3.16. The number of ether oxygens (including phenoxy) is 4. The predicted molar refractivity (Wildman–Crippen MR) is 186 cm³/mol. The van der Waals surface area contributed by atoms with Gasteiger partial charge >= 0.3 is 5.97 Å². The number of hydrogen-bond donors (Lipinski definition) is 11. The summed E-state index contributed by atoms with van der Waals surface area (Å²) in [6.07, 6.45) is -16.9. The standard InChI is InChI=1S/C37H38O18/c1-51-20-10-14(2-8-17(20)41)3-9-23(43)55-37-32(49)28(45)22(13-39)54-36(37)25-29(46)24-18(42)11-19(15-4-6-16(40)7-5-15)52-34(24)26(30(25)47)35-33(50)31(48)27(44)21(12-38)53-35/h2-11,21-22,27-28,31-33,35-41,44-50H,12-13H2,1H3. The van der Waals surface area contributed by atoms with Crippen LogP contribution >= 0.6 is 0 Å². The van der Waals surface area contributed by atoms with E-state index < -0.39 is 119 Å². The van der Waals surface area contributed by atoms with Crippen molar-refractivity contribution in [3.05, 3.63) is 81.5 Å². The molecule has 18 heteroatoms. The topological polar surface area (TPSA) is 307 Å². The second kappa shape index (κ2) is 15.8. The van der Waals surface area contributed by atoms with Gasteiger partial charge in [-0.1, -0.05) is 6.07 Å². The van der Waals surface area contributed by atoms with E-state index in [9.17, 15) is 65.8 Å². The normalized spacial score (nSPS) is 28.4. The van der Waals surface area contributed by atoms with Gasteiger partial charge in [-0.15, -0.1) is 0 Å². The van der Waals surface area contributed by atoms with Crippen LogP contribution in [0.1, 0.15) is 28.9 Å². The van der Waals surface area contributed by atoms with Crippen molar-refractivity contribution in [1.82, 2.24) is 0 Å². The molecule has 2 fully saturated rings. The number of methoxy groups -OCH3 is 1. The number of carbonyl (C=O) groups is 1. The minimum Gasteiger partial charge on any atom is -0.508 e. The first-order chi connectivity index (χ1) is 26.2. The van der Waals surface area contributed by atoms with Gasteiger partial charge in [0.05, 0.1) is 31.5 Å². The quantitative estimate of drug-likeness (QED) is 0.0761. The number of hydrogen-bond acceptors (Lipinski definition) is 18. The lowest BCUT2D eigenvalue weighted by atomic mass is 9.85. The largest absolute Gasteiger partial charge is 0.508 e. The van der Waals surface area contributed by atoms with E-state index in [-0.39, 0.29) is 28.6 Å². The number of benzene rings is 3. The molecule has 4 aromatic rings. The molecule has 3 heterocycles. The van der Waals surface area contributed by atoms with Gasteiger partial charge < -0.3 is 79.5 Å². The molecular weight excluding hydrogens is 732 g/mol. The minimum absolute atomic E-state index is 0.0852. The number of esters is 1. The van der Waals surface area contributed by atoms with E-state index >= 15 is 0 Å². The van der Waals surface area contributed by atoms with Gasteiger partial charge in [0.1, 0.15) is 83.3 Å². The SMILES string of the molecule is COc1cc(C=CC(=O)OC2C(c3c(O)c(C4OC(CO)C(O)C(O)C4O)c4oc(-c5ccc(O)cc5)cc(=O)c4c3O)OC(CO)C(O)C2O)ccc1O. The molecule has 0 spiro atoms. The van der Waals surface area contributed by atoms with E-state index in [0.29, 0.717) is 5.56 Å². The lowest BCUT2D eigenvalue weighted by Crippen LogP contribution is -2.56. The third-order valence-corrected chi connectivity index (χ3v) is 9.54. The Labute approximate surface area is 310 Å². The van der Waals surface area contributed by atoms with Crippen molar-refractivity contribution in [3.63, 3.8) is 0 Å². The van der Waals surface area contributed by atoms with Crippen molar-refractivity contribution in [2.24, 2.45) is 0 Å². The Hall–Kier alpha value is -5.28. The second-order valence-electron chi connectivity index (χ2n) is 12.9. The molecule has 10 unspecified atom stereocenters. The van der Waals surface area contributed by atoms with Crippen LogP contribution in [0.15, 0.2) is 63.8 Å². The summed E-state index contributed by atoms with van der Waals surface area (Å²) in [5.74, 6) is -3.67. The molecule has 2 aliphatic heterocycles. The highest BCUT2D eigenvalue weighted by Crippen LogP contribution is 2.51. The van der Waals surface area contributed by atoms with Crippen molar-refractivity contribution in [1.29, 1.82) is 0 Å². The van der Waals surface area contributed by atoms with Gasteiger partial charge in [-0.05, 0) is 48.0 Å². The highest BCUT2D eigenvalue weighted by atomic mass is 16.6. The van der Waals surface area contributed by atoms with Crippen molar-refractivity contribution in [3.8, 4) is 40.1 Å². The van der Waals surface area contributed by atoms with Crippen LogP contribution in [0.25, 0.3) is 28.4 Å². The van der Waals surface area contributed by atoms with Crippen molar-refractivity contribution in [2.45, 2.75) is 61.0 Å². The maximum Gasteiger partial charge on any atom is 0.331 e. The number of phenolic OH excluding ortho intramolecular Hbond substituents is 4. The average molecular weight is 771 g/mol. The van der Waals surface area contributed by atoms with E-state index in [0.717, 1.165) is 12.1 Å². The fourth-order valence-electron chi connectivity index (χ4n) is 6.64. The molecular formula is C37H38O18. The number of fused-ring (bicyclic) bond motifs is 1. The van der Waals surface area contributed by atoms with Gasteiger partial charge in [-0.3, -0.25) is 4.79 Å². The number of aliphatic hydroxyl groups is 7. The first-order valence-corrected chi connectivity index (χ1v) is 16.7. The fraction of sp³-hybridized carbons (Fsp3) is 0.351. The Balaban J connectivity index is 1.54. The van der Waals surface area contributed by atoms with E-state index in [1.807, 2.05) is 0 Å². The third kappa shape index (κ3) is 7.30. The molecule has 10 atom stereocenters. The van der Waals surface area contributed by atoms with Crippen molar-refractivity contribution < 1.29 is 84.3 Å². The summed E-state index contributed by atoms with van der Waals surface area (Å²) in [5, 5.41) is 117. The minimum atomic E-state index is -2.09. The molecule has 18 nitrogen and oxygen atoms in total. The Bertz CT molecular complexity index is 2130. The molecule has 0 aliphatic carbocycles. The zero-order valence-electron chi connectivity index (χ0n) is 28.7. The zero-order valence-corrected chi connectivity index (χ0v) is 28.7. The molecule has 6 rings (SSSR count). The molecule has 11 N–H and O–H groups in total. The first-order valence-electron chi connectivity index (χ1n) is 16.7. The van der Waals surface area contributed by atoms with Gasteiger partial charge in [0.15, 0.2) is 28.6 Å². The molecule has 0 amide bonds. The van der Waals surface area contributed by atoms with Crippen molar-refractivity contribution >= 4 is 23.0 Å². The summed E-state index contributed by atoms with van der Waals surface area (Å²) in [4.78, 5) is 27.1. The lowest BCUT2D eigenvalue weighted by Gasteiger charge is -2.43. The Morgan fingerprint density at radius 2 is 1.40 bits per heavy atom. The van der Waals surface area contributed by atoms with E-state index in [4.69, 9.17) is 23.4 Å². The van der Waals surface area contributed by atoms with Gasteiger partial charge in [-0.25, -0.2) is 4.79 Å². The highest BCUT2D eigenvalue weighted by molar-refractivity contribution is 5.92. The van der Waals surface area contributed by atoms with Crippen LogP contribution in [0.2, 0.25) is 0 Å². The molecule has 294 valence electrons. The molecule has 3 aromatic carbocycles. The summed E-state index contributed by atoms with van der Waals surface area (Å²) in [5.41, 5.74) is -2.41. The summed E-state index contributed by atoms with van der Waals surface area (Å²) in [7, 11) is 1.31. The molecule has 0 radical (unpaired) electrons. The Morgan fingerprint density at radius 3 is 2.04 bits per heavy atom.